The highest BCUT2D eigenvalue weighted by atomic mass is 35.5. The van der Waals surface area contributed by atoms with Gasteiger partial charge in [-0.1, -0.05) is 22.2 Å². The fraction of sp³-hybridized carbons (Fsp3) is 0.240. The van der Waals surface area contributed by atoms with Gasteiger partial charge in [-0.3, -0.25) is 4.68 Å². The van der Waals surface area contributed by atoms with E-state index in [2.05, 4.69) is 20.4 Å². The van der Waals surface area contributed by atoms with Gasteiger partial charge in [-0.2, -0.15) is 9.89 Å². The Balaban J connectivity index is 1.49. The highest BCUT2D eigenvalue weighted by molar-refractivity contribution is 6.33. The number of anilines is 2. The lowest BCUT2D eigenvalue weighted by molar-refractivity contribution is -0.356. The first-order chi connectivity index (χ1) is 16.8. The van der Waals surface area contributed by atoms with E-state index in [1.165, 1.54) is 0 Å². The summed E-state index contributed by atoms with van der Waals surface area (Å²) in [5.74, 6) is 0.564. The van der Waals surface area contributed by atoms with Crippen LogP contribution in [0.3, 0.4) is 0 Å². The summed E-state index contributed by atoms with van der Waals surface area (Å²) in [5.41, 5.74) is 5.93. The zero-order valence-electron chi connectivity index (χ0n) is 19.9. The zero-order valence-corrected chi connectivity index (χ0v) is 20.6. The zero-order chi connectivity index (χ0) is 24.7. The van der Waals surface area contributed by atoms with Gasteiger partial charge in [0, 0.05) is 32.1 Å². The van der Waals surface area contributed by atoms with E-state index < -0.39 is 6.09 Å². The summed E-state index contributed by atoms with van der Waals surface area (Å²) in [4.78, 5) is 21.8. The molecular weight excluding hydrogens is 466 g/mol. The Morgan fingerprint density at radius 1 is 1.17 bits per heavy atom. The summed E-state index contributed by atoms with van der Waals surface area (Å²) in [6.45, 7) is 3.66. The van der Waals surface area contributed by atoms with Crippen LogP contribution >= 0.6 is 11.6 Å². The first-order valence-electron chi connectivity index (χ1n) is 11.2. The van der Waals surface area contributed by atoms with E-state index in [0.717, 1.165) is 33.8 Å². The number of nitrogens with one attached hydrogen (secondary N) is 1. The van der Waals surface area contributed by atoms with Crippen LogP contribution in [0.1, 0.15) is 25.0 Å². The SMILES string of the molecule is CC(C)OC(=O)[N+]1=C(c2cnn(C)c2)Cc2cnc(Nc3ccc(-c4cncn4C)cc3Cl)cc21. The molecule has 0 fully saturated rings. The van der Waals surface area contributed by atoms with Crippen LogP contribution in [0.15, 0.2) is 55.4 Å². The number of fused-ring (bicyclic) bond motifs is 1. The molecular formula is C25H25ClN7O2+. The number of nitrogens with zero attached hydrogens (tertiary/aromatic N) is 6. The fourth-order valence-corrected chi connectivity index (χ4v) is 4.33. The standard InChI is InChI=1S/C25H25ClN7O2/c1-15(2)35-25(34)33-21(18-11-29-32(4)13-18)8-17-10-28-24(9-22(17)33)30-20-6-5-16(7-19(20)26)23-12-27-14-31(23)3/h5-7,9-15H,8H2,1-4H3,(H,28,30)/q+1. The molecule has 0 unspecified atom stereocenters. The molecule has 5 rings (SSSR count). The molecule has 1 amide bonds. The number of hydrogen-bond acceptors (Lipinski definition) is 6. The van der Waals surface area contributed by atoms with E-state index in [1.807, 2.05) is 63.0 Å². The molecule has 35 heavy (non-hydrogen) atoms. The molecule has 1 aliphatic rings. The number of imidazole rings is 1. The normalized spacial score (nSPS) is 12.9. The summed E-state index contributed by atoms with van der Waals surface area (Å²) in [6, 6.07) is 7.59. The van der Waals surface area contributed by atoms with Gasteiger partial charge in [0.05, 0.1) is 58.7 Å². The summed E-state index contributed by atoms with van der Waals surface area (Å²) >= 11 is 6.59. The smallest absolute Gasteiger partial charge is 0.409 e. The monoisotopic (exact) mass is 490 g/mol. The number of rotatable bonds is 5. The van der Waals surface area contributed by atoms with Crippen LogP contribution in [-0.2, 0) is 25.3 Å². The van der Waals surface area contributed by atoms with Crippen LogP contribution in [0.4, 0.5) is 22.0 Å². The maximum absolute atomic E-state index is 13.1. The molecule has 1 aromatic carbocycles. The Morgan fingerprint density at radius 2 is 2.00 bits per heavy atom. The van der Waals surface area contributed by atoms with Crippen molar-refractivity contribution in [2.75, 3.05) is 5.32 Å². The van der Waals surface area contributed by atoms with Gasteiger partial charge in [0.2, 0.25) is 11.4 Å². The van der Waals surface area contributed by atoms with Gasteiger partial charge in [-0.05, 0) is 26.0 Å². The number of amides is 1. The molecule has 0 saturated carbocycles. The summed E-state index contributed by atoms with van der Waals surface area (Å²) in [6.07, 6.45) is 8.79. The molecule has 0 aliphatic carbocycles. The van der Waals surface area contributed by atoms with Crippen LogP contribution in [0.5, 0.6) is 0 Å². The minimum Gasteiger partial charge on any atom is -0.409 e. The molecule has 1 N–H and O–H groups in total. The maximum atomic E-state index is 13.1. The molecule has 10 heteroatoms. The third-order valence-electron chi connectivity index (χ3n) is 5.73. The molecule has 0 atom stereocenters. The Kier molecular flexibility index (Phi) is 5.86. The second-order valence-electron chi connectivity index (χ2n) is 8.70. The predicted octanol–water partition coefficient (Wildman–Crippen LogP) is 4.85. The molecule has 0 radical (unpaired) electrons. The predicted molar refractivity (Wildman–Crippen MR) is 134 cm³/mol. The van der Waals surface area contributed by atoms with Gasteiger partial charge in [0.1, 0.15) is 11.9 Å². The van der Waals surface area contributed by atoms with Gasteiger partial charge in [-0.15, -0.1) is 0 Å². The number of ether oxygens (including phenoxy) is 1. The van der Waals surface area contributed by atoms with E-state index in [4.69, 9.17) is 16.3 Å². The molecule has 178 valence electrons. The summed E-state index contributed by atoms with van der Waals surface area (Å²) in [7, 11) is 3.78. The van der Waals surface area contributed by atoms with Crippen molar-refractivity contribution in [1.82, 2.24) is 24.3 Å². The van der Waals surface area contributed by atoms with Crippen LogP contribution < -0.4 is 5.32 Å². The lowest BCUT2D eigenvalue weighted by Crippen LogP contribution is -2.25. The number of benzene rings is 1. The molecule has 0 bridgehead atoms. The second-order valence-corrected chi connectivity index (χ2v) is 9.11. The van der Waals surface area contributed by atoms with Crippen molar-refractivity contribution in [3.63, 3.8) is 0 Å². The second kappa shape index (κ2) is 8.99. The lowest BCUT2D eigenvalue weighted by atomic mass is 10.1. The van der Waals surface area contributed by atoms with Crippen LogP contribution in [0.25, 0.3) is 11.3 Å². The van der Waals surface area contributed by atoms with E-state index in [1.54, 1.807) is 34.2 Å². The Hall–Kier alpha value is -3.98. The number of carbonyl (C=O) groups excluding carboxylic acids is 1. The summed E-state index contributed by atoms with van der Waals surface area (Å²) in [5, 5.41) is 8.09. The lowest BCUT2D eigenvalue weighted by Gasteiger charge is -2.10. The molecule has 4 heterocycles. The number of aryl methyl sites for hydroxylation is 2. The van der Waals surface area contributed by atoms with Crippen LogP contribution in [0.2, 0.25) is 5.02 Å². The van der Waals surface area contributed by atoms with Crippen molar-refractivity contribution in [2.24, 2.45) is 14.1 Å². The van der Waals surface area contributed by atoms with E-state index in [0.29, 0.717) is 22.9 Å². The van der Waals surface area contributed by atoms with Crippen molar-refractivity contribution in [2.45, 2.75) is 26.4 Å². The molecule has 0 spiro atoms. The Morgan fingerprint density at radius 3 is 2.66 bits per heavy atom. The van der Waals surface area contributed by atoms with E-state index in [-0.39, 0.29) is 6.10 Å². The molecule has 9 nitrogen and oxygen atoms in total. The average Bonchev–Trinajstić information content (AvgIpc) is 3.52. The maximum Gasteiger partial charge on any atom is 0.603 e. The molecule has 3 aromatic heterocycles. The fourth-order valence-electron chi connectivity index (χ4n) is 4.10. The van der Waals surface area contributed by atoms with Crippen LogP contribution in [-0.4, -0.2) is 46.8 Å². The Bertz CT molecular complexity index is 1470. The topological polar surface area (TPSA) is 89.9 Å². The largest absolute Gasteiger partial charge is 0.603 e. The van der Waals surface area contributed by atoms with Gasteiger partial charge < -0.3 is 14.6 Å². The molecule has 4 aromatic rings. The van der Waals surface area contributed by atoms with E-state index >= 15 is 0 Å². The number of pyridine rings is 1. The van der Waals surface area contributed by atoms with Crippen molar-refractivity contribution >= 4 is 40.6 Å². The van der Waals surface area contributed by atoms with Gasteiger partial charge in [0.25, 0.3) is 0 Å². The number of halogens is 1. The third kappa shape index (κ3) is 4.42. The van der Waals surface area contributed by atoms with Crippen molar-refractivity contribution in [3.8, 4) is 11.3 Å². The number of hydrogen-bond donors (Lipinski definition) is 1. The van der Waals surface area contributed by atoms with Crippen molar-refractivity contribution in [1.29, 1.82) is 0 Å². The highest BCUT2D eigenvalue weighted by Crippen LogP contribution is 2.34. The third-order valence-corrected chi connectivity index (χ3v) is 6.04. The van der Waals surface area contributed by atoms with Gasteiger partial charge >= 0.3 is 6.09 Å². The van der Waals surface area contributed by atoms with Gasteiger partial charge in [-0.25, -0.2) is 9.97 Å². The van der Waals surface area contributed by atoms with Crippen LogP contribution in [0, 0.1) is 0 Å². The quantitative estimate of drug-likeness (QED) is 0.402. The number of carbonyl (C=O) groups is 1. The average molecular weight is 491 g/mol. The molecule has 1 aliphatic heterocycles. The number of aromatic nitrogens is 5. The Labute approximate surface area is 207 Å². The first-order valence-corrected chi connectivity index (χ1v) is 11.6. The highest BCUT2D eigenvalue weighted by Gasteiger charge is 2.39. The van der Waals surface area contributed by atoms with Crippen molar-refractivity contribution in [3.05, 3.63) is 71.5 Å². The minimum atomic E-state index is -0.437. The minimum absolute atomic E-state index is 0.252. The first kappa shape index (κ1) is 22.8. The summed E-state index contributed by atoms with van der Waals surface area (Å²) < 4.78 is 10.8. The van der Waals surface area contributed by atoms with Crippen molar-refractivity contribution < 1.29 is 14.1 Å². The molecule has 0 saturated heterocycles. The van der Waals surface area contributed by atoms with E-state index in [9.17, 15) is 4.79 Å². The van der Waals surface area contributed by atoms with Gasteiger partial charge in [0.15, 0.2) is 0 Å².